The molecule has 2 rings (SSSR count). The van der Waals surface area contributed by atoms with E-state index in [0.717, 1.165) is 18.4 Å². The van der Waals surface area contributed by atoms with Crippen molar-refractivity contribution in [3.8, 4) is 0 Å². The SMILES string of the molecule is Cc1ccc(CNNC(=O)C(O)C(N)CC2CCCCC2)cc1C. The molecular formula is C19H31N3O2. The number of aryl methyl sites for hydroxylation is 2. The zero-order valence-electron chi connectivity index (χ0n) is 14.8. The number of benzene rings is 1. The van der Waals surface area contributed by atoms with Gasteiger partial charge in [-0.15, -0.1) is 0 Å². The molecule has 1 aromatic carbocycles. The zero-order valence-corrected chi connectivity index (χ0v) is 14.8. The molecule has 0 bridgehead atoms. The predicted octanol–water partition coefficient (Wildman–Crippen LogP) is 2.08. The number of hydrogen-bond donors (Lipinski definition) is 4. The molecule has 2 unspecified atom stereocenters. The molecule has 0 aliphatic heterocycles. The number of nitrogens with one attached hydrogen (secondary N) is 2. The van der Waals surface area contributed by atoms with Crippen LogP contribution in [0.5, 0.6) is 0 Å². The van der Waals surface area contributed by atoms with Crippen molar-refractivity contribution in [2.24, 2.45) is 11.7 Å². The van der Waals surface area contributed by atoms with Crippen molar-refractivity contribution in [2.75, 3.05) is 0 Å². The van der Waals surface area contributed by atoms with E-state index in [2.05, 4.69) is 36.8 Å². The van der Waals surface area contributed by atoms with Gasteiger partial charge in [-0.2, -0.15) is 0 Å². The summed E-state index contributed by atoms with van der Waals surface area (Å²) in [5.41, 5.74) is 15.0. The topological polar surface area (TPSA) is 87.4 Å². The summed E-state index contributed by atoms with van der Waals surface area (Å²) in [4.78, 5) is 12.0. The van der Waals surface area contributed by atoms with Gasteiger partial charge in [0.1, 0.15) is 6.10 Å². The molecule has 2 atom stereocenters. The second-order valence-electron chi connectivity index (χ2n) is 7.11. The molecule has 24 heavy (non-hydrogen) atoms. The average Bonchev–Trinajstić information content (AvgIpc) is 2.58. The van der Waals surface area contributed by atoms with E-state index < -0.39 is 18.1 Å². The van der Waals surface area contributed by atoms with Crippen molar-refractivity contribution >= 4 is 5.91 Å². The number of nitrogens with two attached hydrogens (primary N) is 1. The van der Waals surface area contributed by atoms with Crippen molar-refractivity contribution < 1.29 is 9.90 Å². The monoisotopic (exact) mass is 333 g/mol. The Hall–Kier alpha value is -1.43. The van der Waals surface area contributed by atoms with E-state index in [1.54, 1.807) is 0 Å². The highest BCUT2D eigenvalue weighted by Crippen LogP contribution is 2.27. The number of hydrogen-bond acceptors (Lipinski definition) is 4. The number of aliphatic hydroxyl groups excluding tert-OH is 1. The Labute approximate surface area is 145 Å². The summed E-state index contributed by atoms with van der Waals surface area (Å²) >= 11 is 0. The smallest absolute Gasteiger partial charge is 0.264 e. The molecule has 1 amide bonds. The normalized spacial score (nSPS) is 18.2. The fourth-order valence-electron chi connectivity index (χ4n) is 3.35. The van der Waals surface area contributed by atoms with Gasteiger partial charge in [0.25, 0.3) is 5.91 Å². The molecule has 5 N–H and O–H groups in total. The third kappa shape index (κ3) is 5.58. The first-order valence-corrected chi connectivity index (χ1v) is 9.00. The minimum atomic E-state index is -1.17. The first-order valence-electron chi connectivity index (χ1n) is 9.00. The Kier molecular flexibility index (Phi) is 7.21. The molecule has 1 aromatic rings. The van der Waals surface area contributed by atoms with Crippen LogP contribution in [-0.4, -0.2) is 23.2 Å². The van der Waals surface area contributed by atoms with Gasteiger partial charge in [-0.3, -0.25) is 10.2 Å². The van der Waals surface area contributed by atoms with Crippen LogP contribution in [0.25, 0.3) is 0 Å². The van der Waals surface area contributed by atoms with E-state index in [4.69, 9.17) is 5.73 Å². The van der Waals surface area contributed by atoms with Crippen LogP contribution in [0.4, 0.5) is 0 Å². The van der Waals surface area contributed by atoms with Gasteiger partial charge in [-0.1, -0.05) is 50.3 Å². The van der Waals surface area contributed by atoms with E-state index in [1.807, 2.05) is 6.07 Å². The Bertz CT molecular complexity index is 541. The third-order valence-electron chi connectivity index (χ3n) is 5.08. The Morgan fingerprint density at radius 2 is 1.96 bits per heavy atom. The van der Waals surface area contributed by atoms with E-state index in [-0.39, 0.29) is 0 Å². The third-order valence-corrected chi connectivity index (χ3v) is 5.08. The fourth-order valence-corrected chi connectivity index (χ4v) is 3.35. The van der Waals surface area contributed by atoms with Crippen LogP contribution in [0.1, 0.15) is 55.2 Å². The van der Waals surface area contributed by atoms with Gasteiger partial charge < -0.3 is 10.8 Å². The molecular weight excluding hydrogens is 302 g/mol. The first-order chi connectivity index (χ1) is 11.5. The lowest BCUT2D eigenvalue weighted by molar-refractivity contribution is -0.131. The minimum absolute atomic E-state index is 0.456. The van der Waals surface area contributed by atoms with Gasteiger partial charge in [0, 0.05) is 12.6 Å². The molecule has 1 aliphatic carbocycles. The maximum Gasteiger partial charge on any atom is 0.264 e. The van der Waals surface area contributed by atoms with Gasteiger partial charge in [-0.25, -0.2) is 5.43 Å². The Balaban J connectivity index is 1.73. The molecule has 5 heteroatoms. The highest BCUT2D eigenvalue weighted by molar-refractivity contribution is 5.80. The van der Waals surface area contributed by atoms with Gasteiger partial charge in [0.05, 0.1) is 0 Å². The Morgan fingerprint density at radius 3 is 2.62 bits per heavy atom. The summed E-state index contributed by atoms with van der Waals surface area (Å²) in [6.45, 7) is 4.64. The summed E-state index contributed by atoms with van der Waals surface area (Å²) in [7, 11) is 0. The van der Waals surface area contributed by atoms with Gasteiger partial charge >= 0.3 is 0 Å². The molecule has 0 spiro atoms. The molecule has 1 saturated carbocycles. The molecule has 0 heterocycles. The molecule has 0 radical (unpaired) electrons. The van der Waals surface area contributed by atoms with Gasteiger partial charge in [0.2, 0.25) is 0 Å². The summed E-state index contributed by atoms with van der Waals surface area (Å²) in [5, 5.41) is 10.1. The molecule has 134 valence electrons. The summed E-state index contributed by atoms with van der Waals surface area (Å²) < 4.78 is 0. The summed E-state index contributed by atoms with van der Waals surface area (Å²) in [6.07, 6.45) is 5.62. The van der Waals surface area contributed by atoms with Gasteiger partial charge in [-0.05, 0) is 42.9 Å². The molecule has 1 fully saturated rings. The maximum atomic E-state index is 12.0. The van der Waals surface area contributed by atoms with E-state index in [9.17, 15) is 9.90 Å². The highest BCUT2D eigenvalue weighted by Gasteiger charge is 2.26. The first kappa shape index (κ1) is 18.9. The summed E-state index contributed by atoms with van der Waals surface area (Å²) in [5.74, 6) is 0.0850. The van der Waals surface area contributed by atoms with Crippen molar-refractivity contribution in [3.63, 3.8) is 0 Å². The van der Waals surface area contributed by atoms with Crippen LogP contribution >= 0.6 is 0 Å². The molecule has 0 aromatic heterocycles. The van der Waals surface area contributed by atoms with Crippen molar-refractivity contribution in [1.29, 1.82) is 0 Å². The standard InChI is InChI=1S/C19H31N3O2/c1-13-8-9-16(10-14(13)2)12-21-22-19(24)18(23)17(20)11-15-6-4-3-5-7-15/h8-10,15,17-18,21,23H,3-7,11-12,20H2,1-2H3,(H,22,24). The molecule has 1 aliphatic rings. The number of rotatable bonds is 7. The molecule has 5 nitrogen and oxygen atoms in total. The molecule has 0 saturated heterocycles. The lowest BCUT2D eigenvalue weighted by Crippen LogP contribution is -2.50. The zero-order chi connectivity index (χ0) is 17.5. The largest absolute Gasteiger partial charge is 0.382 e. The second kappa shape index (κ2) is 9.16. The van der Waals surface area contributed by atoms with Crippen LogP contribution in [0, 0.1) is 19.8 Å². The lowest BCUT2D eigenvalue weighted by atomic mass is 9.84. The maximum absolute atomic E-state index is 12.0. The van der Waals surface area contributed by atoms with Crippen LogP contribution in [-0.2, 0) is 11.3 Å². The van der Waals surface area contributed by atoms with Gasteiger partial charge in [0.15, 0.2) is 0 Å². The van der Waals surface area contributed by atoms with Crippen molar-refractivity contribution in [2.45, 2.75) is 71.1 Å². The van der Waals surface area contributed by atoms with Crippen LogP contribution in [0.2, 0.25) is 0 Å². The van der Waals surface area contributed by atoms with Crippen LogP contribution < -0.4 is 16.6 Å². The highest BCUT2D eigenvalue weighted by atomic mass is 16.3. The predicted molar refractivity (Wildman–Crippen MR) is 96.1 cm³/mol. The Morgan fingerprint density at radius 1 is 1.25 bits per heavy atom. The van der Waals surface area contributed by atoms with Crippen molar-refractivity contribution in [3.05, 3.63) is 34.9 Å². The quantitative estimate of drug-likeness (QED) is 0.575. The van der Waals surface area contributed by atoms with E-state index >= 15 is 0 Å². The number of hydrazine groups is 1. The van der Waals surface area contributed by atoms with Crippen LogP contribution in [0.15, 0.2) is 18.2 Å². The van der Waals surface area contributed by atoms with Crippen molar-refractivity contribution in [1.82, 2.24) is 10.9 Å². The number of amides is 1. The number of aliphatic hydroxyl groups is 1. The lowest BCUT2D eigenvalue weighted by Gasteiger charge is -2.26. The summed E-state index contributed by atoms with van der Waals surface area (Å²) in [6, 6.07) is 5.66. The number of carbonyl (C=O) groups is 1. The van der Waals surface area contributed by atoms with E-state index in [1.165, 1.54) is 30.4 Å². The van der Waals surface area contributed by atoms with E-state index in [0.29, 0.717) is 18.9 Å². The minimum Gasteiger partial charge on any atom is -0.382 e. The second-order valence-corrected chi connectivity index (χ2v) is 7.11. The van der Waals surface area contributed by atoms with Crippen LogP contribution in [0.3, 0.4) is 0 Å². The fraction of sp³-hybridized carbons (Fsp3) is 0.632. The average molecular weight is 333 g/mol. The number of carbonyl (C=O) groups excluding carboxylic acids is 1.